The average molecular weight is 272 g/mol. The Labute approximate surface area is 111 Å². The molecule has 106 valence electrons. The number of nitrogens with zero attached hydrogens (tertiary/aromatic N) is 1. The van der Waals surface area contributed by atoms with Crippen molar-refractivity contribution >= 4 is 5.69 Å². The number of hydrogen-bond donors (Lipinski definition) is 1. The second-order valence-corrected chi connectivity index (χ2v) is 4.51. The lowest BCUT2D eigenvalue weighted by Gasteiger charge is -2.33. The van der Waals surface area contributed by atoms with Crippen molar-refractivity contribution in [3.8, 4) is 11.5 Å². The molecule has 19 heavy (non-hydrogen) atoms. The summed E-state index contributed by atoms with van der Waals surface area (Å²) in [5.74, 6) is 0.383. The average Bonchev–Trinajstić information content (AvgIpc) is 2.38. The van der Waals surface area contributed by atoms with Crippen molar-refractivity contribution in [3.63, 3.8) is 0 Å². The van der Waals surface area contributed by atoms with Crippen LogP contribution in [-0.2, 0) is 0 Å². The largest absolute Gasteiger partial charge is 0.493 e. The molecule has 1 aliphatic rings. The normalized spacial score (nSPS) is 19.6. The summed E-state index contributed by atoms with van der Waals surface area (Å²) in [4.78, 5) is 2.19. The molecule has 0 radical (unpaired) electrons. The number of benzene rings is 1. The van der Waals surface area contributed by atoms with Crippen LogP contribution in [0.2, 0.25) is 0 Å². The van der Waals surface area contributed by atoms with Gasteiger partial charge in [0.15, 0.2) is 11.5 Å². The highest BCUT2D eigenvalue weighted by molar-refractivity contribution is 5.56. The maximum absolute atomic E-state index is 12.2. The number of hydrogen-bond acceptors (Lipinski definition) is 4. The maximum atomic E-state index is 12.2. The minimum absolute atomic E-state index is 0.0597. The van der Waals surface area contributed by atoms with Crippen LogP contribution in [0.25, 0.3) is 0 Å². The molecule has 1 aromatic rings. The first-order valence-corrected chi connectivity index (χ1v) is 6.21. The predicted octanol–water partition coefficient (Wildman–Crippen LogP) is 2.09. The lowest BCUT2D eigenvalue weighted by atomic mass is 10.2. The summed E-state index contributed by atoms with van der Waals surface area (Å²) in [7, 11) is 1.44. The van der Waals surface area contributed by atoms with Gasteiger partial charge in [0.2, 0.25) is 0 Å². The predicted molar refractivity (Wildman–Crippen MR) is 69.3 cm³/mol. The second kappa shape index (κ2) is 6.06. The number of nitrogens with one attached hydrogen (secondary N) is 1. The summed E-state index contributed by atoms with van der Waals surface area (Å²) in [6.45, 7) is 1.91. The van der Waals surface area contributed by atoms with Gasteiger partial charge in [-0.1, -0.05) is 0 Å². The van der Waals surface area contributed by atoms with Gasteiger partial charge in [-0.15, -0.1) is 0 Å². The van der Waals surface area contributed by atoms with Crippen molar-refractivity contribution in [2.45, 2.75) is 19.6 Å². The smallest absolute Gasteiger partial charge is 0.387 e. The minimum Gasteiger partial charge on any atom is -0.493 e. The highest BCUT2D eigenvalue weighted by Gasteiger charge is 2.18. The number of anilines is 1. The first-order valence-electron chi connectivity index (χ1n) is 6.21. The van der Waals surface area contributed by atoms with Crippen LogP contribution in [0, 0.1) is 0 Å². The topological polar surface area (TPSA) is 33.7 Å². The zero-order valence-corrected chi connectivity index (χ0v) is 11.0. The Bertz CT molecular complexity index is 429. The molecule has 1 N–H and O–H groups in total. The lowest BCUT2D eigenvalue weighted by molar-refractivity contribution is -0.0512. The van der Waals surface area contributed by atoms with Crippen molar-refractivity contribution in [2.75, 3.05) is 31.6 Å². The fourth-order valence-corrected chi connectivity index (χ4v) is 2.21. The van der Waals surface area contributed by atoms with E-state index in [1.807, 2.05) is 0 Å². The van der Waals surface area contributed by atoms with Crippen LogP contribution in [0.5, 0.6) is 11.5 Å². The third-order valence-electron chi connectivity index (χ3n) is 3.10. The van der Waals surface area contributed by atoms with Crippen LogP contribution in [0.15, 0.2) is 18.2 Å². The fraction of sp³-hybridized carbons (Fsp3) is 0.538. The van der Waals surface area contributed by atoms with E-state index in [1.54, 1.807) is 12.1 Å². The summed E-state index contributed by atoms with van der Waals surface area (Å²) < 4.78 is 34.0. The molecular formula is C13H18F2N2O2. The number of halogens is 2. The Hall–Kier alpha value is -1.56. The first kappa shape index (κ1) is 13.9. The summed E-state index contributed by atoms with van der Waals surface area (Å²) in [6.07, 6.45) is 0. The number of piperazine rings is 1. The van der Waals surface area contributed by atoms with E-state index < -0.39 is 6.61 Å². The van der Waals surface area contributed by atoms with Gasteiger partial charge in [-0.25, -0.2) is 0 Å². The molecule has 0 spiro atoms. The van der Waals surface area contributed by atoms with Gasteiger partial charge in [0.1, 0.15) is 0 Å². The number of methoxy groups -OCH3 is 1. The Balaban J connectivity index is 2.18. The van der Waals surface area contributed by atoms with Gasteiger partial charge < -0.3 is 19.7 Å². The third kappa shape index (κ3) is 3.47. The van der Waals surface area contributed by atoms with Crippen LogP contribution in [-0.4, -0.2) is 39.4 Å². The fourth-order valence-electron chi connectivity index (χ4n) is 2.21. The zero-order valence-electron chi connectivity index (χ0n) is 11.0. The molecule has 0 aliphatic carbocycles. The van der Waals surface area contributed by atoms with Crippen molar-refractivity contribution in [3.05, 3.63) is 18.2 Å². The number of alkyl halides is 2. The van der Waals surface area contributed by atoms with Gasteiger partial charge in [0.05, 0.1) is 7.11 Å². The van der Waals surface area contributed by atoms with E-state index in [-0.39, 0.29) is 5.75 Å². The van der Waals surface area contributed by atoms with E-state index in [9.17, 15) is 8.78 Å². The Kier molecular flexibility index (Phi) is 4.42. The molecule has 1 aliphatic heterocycles. The molecule has 4 nitrogen and oxygen atoms in total. The third-order valence-corrected chi connectivity index (χ3v) is 3.10. The molecule has 0 amide bonds. The second-order valence-electron chi connectivity index (χ2n) is 4.51. The van der Waals surface area contributed by atoms with Gasteiger partial charge in [-0.05, 0) is 19.1 Å². The summed E-state index contributed by atoms with van der Waals surface area (Å²) in [5.41, 5.74) is 0.951. The molecule has 0 aromatic heterocycles. The van der Waals surface area contributed by atoms with E-state index in [0.717, 1.165) is 25.3 Å². The Morgan fingerprint density at radius 3 is 2.79 bits per heavy atom. The lowest BCUT2D eigenvalue weighted by Crippen LogP contribution is -2.49. The van der Waals surface area contributed by atoms with Crippen LogP contribution >= 0.6 is 0 Å². The highest BCUT2D eigenvalue weighted by atomic mass is 19.3. The molecule has 0 unspecified atom stereocenters. The molecule has 2 rings (SSSR count). The zero-order chi connectivity index (χ0) is 13.8. The Morgan fingerprint density at radius 2 is 2.16 bits per heavy atom. The van der Waals surface area contributed by atoms with Crippen LogP contribution < -0.4 is 19.7 Å². The van der Waals surface area contributed by atoms with E-state index in [2.05, 4.69) is 21.9 Å². The van der Waals surface area contributed by atoms with Gasteiger partial charge >= 0.3 is 6.61 Å². The maximum Gasteiger partial charge on any atom is 0.387 e. The molecule has 1 heterocycles. The van der Waals surface area contributed by atoms with E-state index in [0.29, 0.717) is 11.8 Å². The molecule has 1 atom stereocenters. The number of rotatable bonds is 4. The van der Waals surface area contributed by atoms with Crippen LogP contribution in [0.4, 0.5) is 14.5 Å². The minimum atomic E-state index is -2.85. The van der Waals surface area contributed by atoms with Crippen molar-refractivity contribution in [2.24, 2.45) is 0 Å². The van der Waals surface area contributed by atoms with E-state index in [4.69, 9.17) is 4.74 Å². The van der Waals surface area contributed by atoms with Gasteiger partial charge in [-0.3, -0.25) is 0 Å². The van der Waals surface area contributed by atoms with Crippen molar-refractivity contribution < 1.29 is 18.3 Å². The standard InChI is InChI=1S/C13H18F2N2O2/c1-9-8-17(6-5-16-9)10-3-4-11(19-13(14)15)12(7-10)18-2/h3-4,7,9,13,16H,5-6,8H2,1-2H3/t9-/m1/s1. The summed E-state index contributed by atoms with van der Waals surface area (Å²) in [6, 6.07) is 5.43. The summed E-state index contributed by atoms with van der Waals surface area (Å²) in [5, 5.41) is 3.35. The highest BCUT2D eigenvalue weighted by Crippen LogP contribution is 2.33. The molecule has 1 saturated heterocycles. The van der Waals surface area contributed by atoms with E-state index in [1.165, 1.54) is 13.2 Å². The molecule has 1 aromatic carbocycles. The molecule has 1 fully saturated rings. The SMILES string of the molecule is COc1cc(N2CCN[C@H](C)C2)ccc1OC(F)F. The monoisotopic (exact) mass is 272 g/mol. The number of ether oxygens (including phenoxy) is 2. The van der Waals surface area contributed by atoms with Gasteiger partial charge in [0, 0.05) is 37.4 Å². The van der Waals surface area contributed by atoms with E-state index >= 15 is 0 Å². The molecular weight excluding hydrogens is 254 g/mol. The quantitative estimate of drug-likeness (QED) is 0.910. The Morgan fingerprint density at radius 1 is 1.37 bits per heavy atom. The summed E-state index contributed by atoms with van der Waals surface area (Å²) >= 11 is 0. The molecule has 0 bridgehead atoms. The first-order chi connectivity index (χ1) is 9.10. The van der Waals surface area contributed by atoms with Crippen molar-refractivity contribution in [1.82, 2.24) is 5.32 Å². The van der Waals surface area contributed by atoms with Gasteiger partial charge in [0.25, 0.3) is 0 Å². The van der Waals surface area contributed by atoms with Gasteiger partial charge in [-0.2, -0.15) is 8.78 Å². The van der Waals surface area contributed by atoms with Crippen molar-refractivity contribution in [1.29, 1.82) is 0 Å². The van der Waals surface area contributed by atoms with Crippen LogP contribution in [0.1, 0.15) is 6.92 Å². The van der Waals surface area contributed by atoms with Crippen LogP contribution in [0.3, 0.4) is 0 Å². The molecule has 0 saturated carbocycles. The molecule has 6 heteroatoms.